The highest BCUT2D eigenvalue weighted by molar-refractivity contribution is 5.78. The summed E-state index contributed by atoms with van der Waals surface area (Å²) in [5, 5.41) is 17.4. The van der Waals surface area contributed by atoms with Gasteiger partial charge in [0.2, 0.25) is 5.91 Å². The topological polar surface area (TPSA) is 104 Å². The summed E-state index contributed by atoms with van der Waals surface area (Å²) in [4.78, 5) is 28.4. The maximum Gasteiger partial charge on any atom is 0.441 e. The normalized spacial score (nSPS) is 17.6. The zero-order valence-electron chi connectivity index (χ0n) is 17.7. The molecular formula is C21H31N5O4. The lowest BCUT2D eigenvalue weighted by atomic mass is 10.2. The Hall–Kier alpha value is -2.49. The molecule has 2 aromatic rings. The second-order valence-electron chi connectivity index (χ2n) is 7.86. The van der Waals surface area contributed by atoms with Crippen molar-refractivity contribution in [1.82, 2.24) is 24.8 Å². The summed E-state index contributed by atoms with van der Waals surface area (Å²) in [5.74, 6) is -0.111. The minimum absolute atomic E-state index is 0.0538. The van der Waals surface area contributed by atoms with Crippen LogP contribution in [0, 0.1) is 0 Å². The van der Waals surface area contributed by atoms with Gasteiger partial charge >= 0.3 is 5.76 Å². The van der Waals surface area contributed by atoms with E-state index in [2.05, 4.69) is 20.3 Å². The van der Waals surface area contributed by atoms with Crippen LogP contribution in [0.15, 0.2) is 39.6 Å². The highest BCUT2D eigenvalue weighted by Gasteiger charge is 2.23. The number of rotatable bonds is 9. The number of carbonyl (C=O) groups excluding carboxylic acids is 1. The zero-order chi connectivity index (χ0) is 21.5. The van der Waals surface area contributed by atoms with Crippen molar-refractivity contribution in [2.75, 3.05) is 39.3 Å². The average molecular weight is 418 g/mol. The van der Waals surface area contributed by atoms with E-state index >= 15 is 0 Å². The van der Waals surface area contributed by atoms with Gasteiger partial charge in [-0.05, 0) is 13.3 Å². The predicted octanol–water partition coefficient (Wildman–Crippen LogP) is 0.397. The number of aromatic nitrogens is 2. The third-order valence-corrected chi connectivity index (χ3v) is 5.43. The summed E-state index contributed by atoms with van der Waals surface area (Å²) in [6.07, 6.45) is 0.184. The summed E-state index contributed by atoms with van der Waals surface area (Å²) >= 11 is 0. The van der Waals surface area contributed by atoms with Crippen molar-refractivity contribution in [2.24, 2.45) is 0 Å². The molecule has 1 saturated heterocycles. The fourth-order valence-corrected chi connectivity index (χ4v) is 3.55. The van der Waals surface area contributed by atoms with Crippen LogP contribution < -0.4 is 11.1 Å². The Morgan fingerprint density at radius 1 is 1.17 bits per heavy atom. The highest BCUT2D eigenvalue weighted by atomic mass is 16.5. The van der Waals surface area contributed by atoms with Crippen LogP contribution in [0.1, 0.15) is 20.3 Å². The van der Waals surface area contributed by atoms with Crippen molar-refractivity contribution in [2.45, 2.75) is 39.0 Å². The van der Waals surface area contributed by atoms with Crippen molar-refractivity contribution in [3.05, 3.63) is 40.9 Å². The molecule has 30 heavy (non-hydrogen) atoms. The van der Waals surface area contributed by atoms with Crippen LogP contribution in [0.3, 0.4) is 0 Å². The van der Waals surface area contributed by atoms with Crippen molar-refractivity contribution in [3.8, 4) is 11.4 Å². The Balaban J connectivity index is 1.48. The maximum absolute atomic E-state index is 12.0. The molecule has 9 heteroatoms. The van der Waals surface area contributed by atoms with E-state index < -0.39 is 11.9 Å². The second kappa shape index (κ2) is 10.5. The summed E-state index contributed by atoms with van der Waals surface area (Å²) in [6.45, 7) is 8.06. The lowest BCUT2D eigenvalue weighted by molar-refractivity contribution is -0.123. The monoisotopic (exact) mass is 417 g/mol. The molecule has 0 radical (unpaired) electrons. The van der Waals surface area contributed by atoms with Crippen molar-refractivity contribution in [3.63, 3.8) is 0 Å². The number of β-amino-alcohol motifs (C(OH)–C–C–N with tert-alkyl or cyclic N) is 1. The van der Waals surface area contributed by atoms with Crippen molar-refractivity contribution < 1.29 is 14.4 Å². The molecule has 1 aliphatic heterocycles. The van der Waals surface area contributed by atoms with Crippen LogP contribution >= 0.6 is 0 Å². The molecule has 1 fully saturated rings. The number of aliphatic hydroxyl groups excluding tert-OH is 1. The molecular weight excluding hydrogens is 386 g/mol. The Labute approximate surface area is 176 Å². The van der Waals surface area contributed by atoms with E-state index in [4.69, 9.17) is 4.52 Å². The SMILES string of the molecule is CCC(C)NC(=O)CN1CCN(CC(O)Cn2c(-c3ccccc3)noc2=O)CC1. The first kappa shape index (κ1) is 22.2. The van der Waals surface area contributed by atoms with Crippen LogP contribution in [-0.4, -0.2) is 82.0 Å². The van der Waals surface area contributed by atoms with Crippen LogP contribution in [0.5, 0.6) is 0 Å². The van der Waals surface area contributed by atoms with Gasteiger partial charge in [0, 0.05) is 44.3 Å². The Morgan fingerprint density at radius 3 is 2.50 bits per heavy atom. The molecule has 2 heterocycles. The lowest BCUT2D eigenvalue weighted by Gasteiger charge is -2.35. The second-order valence-corrected chi connectivity index (χ2v) is 7.86. The molecule has 164 valence electrons. The standard InChI is InChI=1S/C21H31N5O4/c1-3-16(2)22-19(28)15-25-11-9-24(10-12-25)13-18(27)14-26-20(23-30-21(26)29)17-7-5-4-6-8-17/h4-8,16,18,27H,3,9-15H2,1-2H3,(H,22,28). The van der Waals surface area contributed by atoms with E-state index in [1.165, 1.54) is 4.57 Å². The van der Waals surface area contributed by atoms with Gasteiger partial charge in [-0.1, -0.05) is 42.4 Å². The third-order valence-electron chi connectivity index (χ3n) is 5.43. The van der Waals surface area contributed by atoms with Gasteiger partial charge in [-0.15, -0.1) is 0 Å². The number of carbonyl (C=O) groups is 1. The van der Waals surface area contributed by atoms with Crippen LogP contribution in [-0.2, 0) is 11.3 Å². The number of amides is 1. The lowest BCUT2D eigenvalue weighted by Crippen LogP contribution is -2.51. The number of hydrogen-bond donors (Lipinski definition) is 2. The molecule has 1 aromatic heterocycles. The fourth-order valence-electron chi connectivity index (χ4n) is 3.55. The Kier molecular flexibility index (Phi) is 7.78. The van der Waals surface area contributed by atoms with E-state index in [0.29, 0.717) is 18.9 Å². The van der Waals surface area contributed by atoms with E-state index in [9.17, 15) is 14.7 Å². The number of benzene rings is 1. The van der Waals surface area contributed by atoms with Crippen molar-refractivity contribution in [1.29, 1.82) is 0 Å². The molecule has 0 bridgehead atoms. The fraction of sp³-hybridized carbons (Fsp3) is 0.571. The van der Waals surface area contributed by atoms with Crippen LogP contribution in [0.25, 0.3) is 11.4 Å². The number of nitrogens with zero attached hydrogens (tertiary/aromatic N) is 4. The third kappa shape index (κ3) is 6.01. The first-order chi connectivity index (χ1) is 14.5. The van der Waals surface area contributed by atoms with Crippen LogP contribution in [0.4, 0.5) is 0 Å². The van der Waals surface area contributed by atoms with E-state index in [1.54, 1.807) is 0 Å². The summed E-state index contributed by atoms with van der Waals surface area (Å²) < 4.78 is 6.19. The molecule has 1 aromatic carbocycles. The maximum atomic E-state index is 12.0. The molecule has 9 nitrogen and oxygen atoms in total. The van der Waals surface area contributed by atoms with E-state index in [0.717, 1.165) is 38.2 Å². The number of piperazine rings is 1. The largest absolute Gasteiger partial charge is 0.441 e. The minimum atomic E-state index is -0.732. The van der Waals surface area contributed by atoms with Crippen molar-refractivity contribution >= 4 is 5.91 Å². The highest BCUT2D eigenvalue weighted by Crippen LogP contribution is 2.15. The summed E-state index contributed by atoms with van der Waals surface area (Å²) in [7, 11) is 0. The molecule has 0 saturated carbocycles. The summed E-state index contributed by atoms with van der Waals surface area (Å²) in [6, 6.07) is 9.48. The summed E-state index contributed by atoms with van der Waals surface area (Å²) in [5.41, 5.74) is 0.764. The van der Waals surface area contributed by atoms with Gasteiger partial charge in [-0.25, -0.2) is 4.79 Å². The first-order valence-corrected chi connectivity index (χ1v) is 10.5. The molecule has 2 N–H and O–H groups in total. The molecule has 3 rings (SSSR count). The number of hydrogen-bond acceptors (Lipinski definition) is 7. The van der Waals surface area contributed by atoms with Gasteiger partial charge in [-0.3, -0.25) is 23.7 Å². The zero-order valence-corrected chi connectivity index (χ0v) is 17.7. The van der Waals surface area contributed by atoms with Gasteiger partial charge in [0.15, 0.2) is 5.82 Å². The van der Waals surface area contributed by atoms with E-state index in [-0.39, 0.29) is 18.5 Å². The molecule has 2 unspecified atom stereocenters. The Bertz CT molecular complexity index is 858. The van der Waals surface area contributed by atoms with E-state index in [1.807, 2.05) is 44.2 Å². The van der Waals surface area contributed by atoms with Gasteiger partial charge in [-0.2, -0.15) is 0 Å². The molecule has 1 aliphatic rings. The quantitative estimate of drug-likeness (QED) is 0.609. The van der Waals surface area contributed by atoms with Gasteiger partial charge in [0.05, 0.1) is 19.2 Å². The van der Waals surface area contributed by atoms with Gasteiger partial charge in [0.25, 0.3) is 0 Å². The van der Waals surface area contributed by atoms with Crippen LogP contribution in [0.2, 0.25) is 0 Å². The smallest absolute Gasteiger partial charge is 0.390 e. The first-order valence-electron chi connectivity index (χ1n) is 10.5. The number of aliphatic hydroxyl groups is 1. The molecule has 0 spiro atoms. The molecule has 2 atom stereocenters. The number of nitrogens with one attached hydrogen (secondary N) is 1. The van der Waals surface area contributed by atoms with Gasteiger partial charge < -0.3 is 10.4 Å². The Morgan fingerprint density at radius 2 is 1.83 bits per heavy atom. The molecule has 0 aliphatic carbocycles. The molecule has 1 amide bonds. The van der Waals surface area contributed by atoms with Gasteiger partial charge in [0.1, 0.15) is 0 Å². The predicted molar refractivity (Wildman–Crippen MR) is 113 cm³/mol. The minimum Gasteiger partial charge on any atom is -0.390 e. The average Bonchev–Trinajstić information content (AvgIpc) is 3.10.